The molecule has 0 aliphatic carbocycles. The molecule has 108 valence electrons. The lowest BCUT2D eigenvalue weighted by Crippen LogP contribution is -2.49. The van der Waals surface area contributed by atoms with Crippen molar-refractivity contribution in [1.29, 1.82) is 0 Å². The fourth-order valence-corrected chi connectivity index (χ4v) is 1.55. The summed E-state index contributed by atoms with van der Waals surface area (Å²) in [5, 5.41) is 13.1. The second-order valence-electron chi connectivity index (χ2n) is 3.99. The number of carbonyl (C=O) groups is 3. The molecule has 1 atom stereocenters. The van der Waals surface area contributed by atoms with Crippen molar-refractivity contribution in [2.45, 2.75) is 12.5 Å². The van der Waals surface area contributed by atoms with E-state index < -0.39 is 30.6 Å². The molecule has 1 unspecified atom stereocenters. The second kappa shape index (κ2) is 7.78. The third-order valence-corrected chi connectivity index (χ3v) is 2.49. The topological polar surface area (TPSA) is 105 Å². The van der Waals surface area contributed by atoms with Gasteiger partial charge in [0.1, 0.15) is 12.6 Å². The van der Waals surface area contributed by atoms with Gasteiger partial charge < -0.3 is 20.5 Å². The van der Waals surface area contributed by atoms with Crippen molar-refractivity contribution in [3.05, 3.63) is 35.9 Å². The molecule has 1 aromatic rings. The smallest absolute Gasteiger partial charge is 0.407 e. The zero-order valence-electron chi connectivity index (χ0n) is 11.0. The third kappa shape index (κ3) is 5.38. The van der Waals surface area contributed by atoms with E-state index in [0.29, 0.717) is 0 Å². The van der Waals surface area contributed by atoms with Crippen LogP contribution in [0.2, 0.25) is 0 Å². The van der Waals surface area contributed by atoms with Crippen molar-refractivity contribution in [3.63, 3.8) is 0 Å². The Balaban J connectivity index is 2.71. The first-order chi connectivity index (χ1) is 9.52. The summed E-state index contributed by atoms with van der Waals surface area (Å²) in [6.07, 6.45) is -0.516. The van der Waals surface area contributed by atoms with Gasteiger partial charge in [0, 0.05) is 6.42 Å². The number of amides is 2. The molecule has 0 aliphatic heterocycles. The summed E-state index contributed by atoms with van der Waals surface area (Å²) in [6, 6.07) is 8.15. The van der Waals surface area contributed by atoms with Crippen molar-refractivity contribution >= 4 is 18.0 Å². The van der Waals surface area contributed by atoms with Gasteiger partial charge in [0.2, 0.25) is 5.91 Å². The van der Waals surface area contributed by atoms with Crippen LogP contribution in [0.25, 0.3) is 0 Å². The van der Waals surface area contributed by atoms with Crippen LogP contribution in [0.5, 0.6) is 0 Å². The molecular formula is C13H16N2O5. The van der Waals surface area contributed by atoms with E-state index in [1.165, 1.54) is 7.11 Å². The number of hydrogen-bond donors (Lipinski definition) is 3. The van der Waals surface area contributed by atoms with E-state index in [1.807, 2.05) is 6.07 Å². The van der Waals surface area contributed by atoms with E-state index in [1.54, 1.807) is 24.3 Å². The summed E-state index contributed by atoms with van der Waals surface area (Å²) in [5.74, 6) is -1.74. The maximum absolute atomic E-state index is 11.9. The van der Waals surface area contributed by atoms with Gasteiger partial charge in [0.15, 0.2) is 0 Å². The number of hydrogen-bond acceptors (Lipinski definition) is 4. The molecule has 0 fully saturated rings. The summed E-state index contributed by atoms with van der Waals surface area (Å²) >= 11 is 0. The summed E-state index contributed by atoms with van der Waals surface area (Å²) in [7, 11) is 1.18. The largest absolute Gasteiger partial charge is 0.480 e. The van der Waals surface area contributed by atoms with Crippen molar-refractivity contribution in [3.8, 4) is 0 Å². The van der Waals surface area contributed by atoms with Crippen LogP contribution in [0.1, 0.15) is 5.56 Å². The number of rotatable bonds is 6. The number of benzene rings is 1. The first kappa shape index (κ1) is 15.5. The van der Waals surface area contributed by atoms with Gasteiger partial charge in [-0.2, -0.15) is 0 Å². The van der Waals surface area contributed by atoms with Gasteiger partial charge in [0.25, 0.3) is 0 Å². The van der Waals surface area contributed by atoms with Crippen LogP contribution in [0.4, 0.5) is 4.79 Å². The highest BCUT2D eigenvalue weighted by Crippen LogP contribution is 2.03. The van der Waals surface area contributed by atoms with Gasteiger partial charge in [-0.3, -0.25) is 9.59 Å². The average molecular weight is 280 g/mol. The SMILES string of the molecule is COC(=O)NC(Cc1ccccc1)C(=O)NCC(=O)O. The van der Waals surface area contributed by atoms with E-state index in [2.05, 4.69) is 15.4 Å². The number of aliphatic carboxylic acids is 1. The summed E-state index contributed by atoms with van der Waals surface area (Å²) in [4.78, 5) is 33.5. The van der Waals surface area contributed by atoms with E-state index >= 15 is 0 Å². The summed E-state index contributed by atoms with van der Waals surface area (Å²) < 4.78 is 4.45. The predicted octanol–water partition coefficient (Wildman–Crippen LogP) is 0.154. The molecule has 0 saturated carbocycles. The molecule has 1 rings (SSSR count). The number of methoxy groups -OCH3 is 1. The molecular weight excluding hydrogens is 264 g/mol. The molecule has 0 bridgehead atoms. The monoisotopic (exact) mass is 280 g/mol. The van der Waals surface area contributed by atoms with E-state index in [4.69, 9.17) is 5.11 Å². The van der Waals surface area contributed by atoms with Crippen LogP contribution in [-0.4, -0.2) is 42.8 Å². The van der Waals surface area contributed by atoms with Gasteiger partial charge in [-0.05, 0) is 5.56 Å². The number of nitrogens with one attached hydrogen (secondary N) is 2. The highest BCUT2D eigenvalue weighted by atomic mass is 16.5. The fourth-order valence-electron chi connectivity index (χ4n) is 1.55. The molecule has 7 nitrogen and oxygen atoms in total. The van der Waals surface area contributed by atoms with Gasteiger partial charge >= 0.3 is 12.1 Å². The molecule has 0 aliphatic rings. The normalized spacial score (nSPS) is 11.2. The van der Waals surface area contributed by atoms with Crippen molar-refractivity contribution in [2.75, 3.05) is 13.7 Å². The average Bonchev–Trinajstić information content (AvgIpc) is 2.44. The maximum atomic E-state index is 11.9. The Morgan fingerprint density at radius 3 is 2.45 bits per heavy atom. The van der Waals surface area contributed by atoms with Crippen molar-refractivity contribution in [1.82, 2.24) is 10.6 Å². The van der Waals surface area contributed by atoms with Crippen LogP contribution in [-0.2, 0) is 20.7 Å². The Labute approximate surface area is 115 Å². The van der Waals surface area contributed by atoms with E-state index in [0.717, 1.165) is 5.56 Å². The minimum atomic E-state index is -1.16. The van der Waals surface area contributed by atoms with Gasteiger partial charge in [-0.1, -0.05) is 30.3 Å². The second-order valence-corrected chi connectivity index (χ2v) is 3.99. The molecule has 3 N–H and O–H groups in total. The van der Waals surface area contributed by atoms with Crippen molar-refractivity contribution in [2.24, 2.45) is 0 Å². The Morgan fingerprint density at radius 1 is 1.25 bits per heavy atom. The number of ether oxygens (including phenoxy) is 1. The molecule has 7 heteroatoms. The van der Waals surface area contributed by atoms with Crippen LogP contribution in [0, 0.1) is 0 Å². The standard InChI is InChI=1S/C13H16N2O5/c1-20-13(19)15-10(12(18)14-8-11(16)17)7-9-5-3-2-4-6-9/h2-6,10H,7-8H2,1H3,(H,14,18)(H,15,19)(H,16,17). The summed E-state index contributed by atoms with van der Waals surface area (Å²) in [6.45, 7) is -0.507. The van der Waals surface area contributed by atoms with Crippen LogP contribution < -0.4 is 10.6 Å². The highest BCUT2D eigenvalue weighted by molar-refractivity contribution is 5.88. The predicted molar refractivity (Wildman–Crippen MR) is 70.1 cm³/mol. The molecule has 0 spiro atoms. The number of carbonyl (C=O) groups excluding carboxylic acids is 2. The Morgan fingerprint density at radius 2 is 1.90 bits per heavy atom. The highest BCUT2D eigenvalue weighted by Gasteiger charge is 2.21. The zero-order valence-corrected chi connectivity index (χ0v) is 11.0. The molecule has 20 heavy (non-hydrogen) atoms. The van der Waals surface area contributed by atoms with E-state index in [-0.39, 0.29) is 6.42 Å². The van der Waals surface area contributed by atoms with Crippen LogP contribution >= 0.6 is 0 Å². The minimum Gasteiger partial charge on any atom is -0.480 e. The molecule has 0 aromatic heterocycles. The van der Waals surface area contributed by atoms with Gasteiger partial charge in [0.05, 0.1) is 7.11 Å². The zero-order chi connectivity index (χ0) is 15.0. The van der Waals surface area contributed by atoms with Gasteiger partial charge in [-0.25, -0.2) is 4.79 Å². The van der Waals surface area contributed by atoms with Gasteiger partial charge in [-0.15, -0.1) is 0 Å². The Bertz CT molecular complexity index is 475. The Kier molecular flexibility index (Phi) is 6.02. The number of alkyl carbamates (subject to hydrolysis) is 1. The molecule has 2 amide bonds. The lowest BCUT2D eigenvalue weighted by atomic mass is 10.1. The molecule has 1 aromatic carbocycles. The third-order valence-electron chi connectivity index (χ3n) is 2.49. The lowest BCUT2D eigenvalue weighted by Gasteiger charge is -2.17. The lowest BCUT2D eigenvalue weighted by molar-refractivity contribution is -0.138. The quantitative estimate of drug-likeness (QED) is 0.688. The Hall–Kier alpha value is -2.57. The maximum Gasteiger partial charge on any atom is 0.407 e. The van der Waals surface area contributed by atoms with Crippen LogP contribution in [0.3, 0.4) is 0 Å². The molecule has 0 radical (unpaired) electrons. The summed E-state index contributed by atoms with van der Waals surface area (Å²) in [5.41, 5.74) is 0.833. The van der Waals surface area contributed by atoms with E-state index in [9.17, 15) is 14.4 Å². The number of carboxylic acid groups (broad SMARTS) is 1. The molecule has 0 saturated heterocycles. The minimum absolute atomic E-state index is 0.237. The first-order valence-corrected chi connectivity index (χ1v) is 5.91. The first-order valence-electron chi connectivity index (χ1n) is 5.91. The number of carboxylic acids is 1. The molecule has 0 heterocycles. The van der Waals surface area contributed by atoms with Crippen LogP contribution in [0.15, 0.2) is 30.3 Å². The fraction of sp³-hybridized carbons (Fsp3) is 0.308. The van der Waals surface area contributed by atoms with Crippen molar-refractivity contribution < 1.29 is 24.2 Å².